The Kier molecular flexibility index (Phi) is 3.67. The van der Waals surface area contributed by atoms with Crippen LogP contribution in [0.3, 0.4) is 0 Å². The fourth-order valence-electron chi connectivity index (χ4n) is 4.66. The van der Waals surface area contributed by atoms with E-state index in [1.807, 2.05) is 12.3 Å². The first-order valence-corrected chi connectivity index (χ1v) is 10.3. The first-order chi connectivity index (χ1) is 14.6. The van der Waals surface area contributed by atoms with E-state index in [0.29, 0.717) is 5.92 Å². The number of aromatic amines is 1. The summed E-state index contributed by atoms with van der Waals surface area (Å²) in [6.07, 6.45) is 3.57. The number of nitrogens with one attached hydrogen (secondary N) is 2. The molecule has 150 valence electrons. The summed E-state index contributed by atoms with van der Waals surface area (Å²) in [5.41, 5.74) is 9.29. The van der Waals surface area contributed by atoms with Crippen molar-refractivity contribution >= 4 is 27.5 Å². The molecule has 0 unspecified atom stereocenters. The van der Waals surface area contributed by atoms with Crippen molar-refractivity contribution in [1.29, 1.82) is 0 Å². The van der Waals surface area contributed by atoms with Crippen molar-refractivity contribution in [3.8, 4) is 16.9 Å². The lowest BCUT2D eigenvalue weighted by atomic mass is 9.91. The number of ether oxygens (including phenoxy) is 1. The van der Waals surface area contributed by atoms with E-state index >= 15 is 0 Å². The van der Waals surface area contributed by atoms with Gasteiger partial charge in [-0.2, -0.15) is 5.10 Å². The lowest BCUT2D eigenvalue weighted by Gasteiger charge is -2.27. The molecule has 0 bridgehead atoms. The Labute approximate surface area is 173 Å². The molecule has 2 aromatic carbocycles. The summed E-state index contributed by atoms with van der Waals surface area (Å²) in [7, 11) is 1.67. The smallest absolute Gasteiger partial charge is 0.197 e. The Bertz CT molecular complexity index is 1440. The van der Waals surface area contributed by atoms with Crippen LogP contribution in [0.5, 0.6) is 5.75 Å². The minimum atomic E-state index is 0.627. The van der Waals surface area contributed by atoms with E-state index in [9.17, 15) is 0 Å². The van der Waals surface area contributed by atoms with Crippen LogP contribution < -0.4 is 10.1 Å². The molecule has 6 nitrogen and oxygen atoms in total. The summed E-state index contributed by atoms with van der Waals surface area (Å²) in [4.78, 5) is 7.93. The van der Waals surface area contributed by atoms with E-state index in [2.05, 4.69) is 58.5 Å². The standard InChI is InChI=1S/C24H23N5O/c1-13-14(2)23-19-6-15(17-9-25-10-17)4-5-20(19)28-21(23)8-18(13)16-7-22(30-3)24-26-12-27-29(24)11-16/h4-8,11-12,17,25,28H,9-10H2,1-3H3. The van der Waals surface area contributed by atoms with Crippen molar-refractivity contribution in [2.45, 2.75) is 19.8 Å². The lowest BCUT2D eigenvalue weighted by Crippen LogP contribution is -2.39. The number of rotatable bonds is 3. The molecule has 0 radical (unpaired) electrons. The quantitative estimate of drug-likeness (QED) is 0.475. The number of aryl methyl sites for hydroxylation is 1. The van der Waals surface area contributed by atoms with Crippen molar-refractivity contribution in [2.24, 2.45) is 0 Å². The van der Waals surface area contributed by atoms with Crippen LogP contribution >= 0.6 is 0 Å². The van der Waals surface area contributed by atoms with Crippen LogP contribution in [0.4, 0.5) is 0 Å². The van der Waals surface area contributed by atoms with Gasteiger partial charge in [-0.1, -0.05) is 6.07 Å². The molecule has 1 fully saturated rings. The molecule has 1 aliphatic heterocycles. The highest BCUT2D eigenvalue weighted by Crippen LogP contribution is 2.38. The highest BCUT2D eigenvalue weighted by Gasteiger charge is 2.21. The Morgan fingerprint density at radius 3 is 2.70 bits per heavy atom. The molecular weight excluding hydrogens is 374 g/mol. The zero-order chi connectivity index (χ0) is 20.4. The molecule has 5 aromatic rings. The minimum absolute atomic E-state index is 0.627. The van der Waals surface area contributed by atoms with Crippen LogP contribution in [0.1, 0.15) is 22.6 Å². The number of hydrogen-bond donors (Lipinski definition) is 2. The van der Waals surface area contributed by atoms with E-state index in [0.717, 1.165) is 35.6 Å². The average molecular weight is 397 g/mol. The van der Waals surface area contributed by atoms with Gasteiger partial charge in [0, 0.05) is 52.6 Å². The average Bonchev–Trinajstić information content (AvgIpc) is 3.32. The molecule has 0 spiro atoms. The van der Waals surface area contributed by atoms with Crippen LogP contribution in [0.25, 0.3) is 38.6 Å². The van der Waals surface area contributed by atoms with E-state index in [-0.39, 0.29) is 0 Å². The monoisotopic (exact) mass is 397 g/mol. The molecule has 0 aliphatic carbocycles. The van der Waals surface area contributed by atoms with Crippen LogP contribution in [0.15, 0.2) is 42.9 Å². The maximum atomic E-state index is 5.57. The van der Waals surface area contributed by atoms with Crippen molar-refractivity contribution in [3.63, 3.8) is 0 Å². The molecule has 6 rings (SSSR count). The van der Waals surface area contributed by atoms with Crippen LogP contribution in [0, 0.1) is 13.8 Å². The Morgan fingerprint density at radius 1 is 1.07 bits per heavy atom. The van der Waals surface area contributed by atoms with E-state index < -0.39 is 0 Å². The van der Waals surface area contributed by atoms with Crippen LogP contribution in [-0.4, -0.2) is 39.8 Å². The maximum absolute atomic E-state index is 5.57. The summed E-state index contributed by atoms with van der Waals surface area (Å²) < 4.78 is 7.34. The number of hydrogen-bond acceptors (Lipinski definition) is 4. The Morgan fingerprint density at radius 2 is 1.93 bits per heavy atom. The van der Waals surface area contributed by atoms with Crippen molar-refractivity contribution in [2.75, 3.05) is 20.2 Å². The highest BCUT2D eigenvalue weighted by molar-refractivity contribution is 6.11. The van der Waals surface area contributed by atoms with Gasteiger partial charge in [0.25, 0.3) is 0 Å². The van der Waals surface area contributed by atoms with Crippen molar-refractivity contribution in [1.82, 2.24) is 24.9 Å². The van der Waals surface area contributed by atoms with Gasteiger partial charge in [0.2, 0.25) is 0 Å². The summed E-state index contributed by atoms with van der Waals surface area (Å²) in [5.74, 6) is 1.35. The predicted octanol–water partition coefficient (Wildman–Crippen LogP) is 4.34. The number of aromatic nitrogens is 4. The number of fused-ring (bicyclic) bond motifs is 4. The van der Waals surface area contributed by atoms with Gasteiger partial charge in [0.05, 0.1) is 7.11 Å². The number of nitrogens with zero attached hydrogens (tertiary/aromatic N) is 3. The Balaban J connectivity index is 1.59. The molecule has 0 amide bonds. The summed E-state index contributed by atoms with van der Waals surface area (Å²) in [6.45, 7) is 6.56. The topological polar surface area (TPSA) is 67.2 Å². The fourth-order valence-corrected chi connectivity index (χ4v) is 4.66. The Hall–Kier alpha value is -3.38. The van der Waals surface area contributed by atoms with Crippen LogP contribution in [0.2, 0.25) is 0 Å². The largest absolute Gasteiger partial charge is 0.493 e. The first-order valence-electron chi connectivity index (χ1n) is 10.3. The highest BCUT2D eigenvalue weighted by atomic mass is 16.5. The molecule has 30 heavy (non-hydrogen) atoms. The third kappa shape index (κ3) is 2.40. The fraction of sp³-hybridized carbons (Fsp3) is 0.250. The lowest BCUT2D eigenvalue weighted by molar-refractivity contribution is 0.417. The molecule has 6 heteroatoms. The summed E-state index contributed by atoms with van der Waals surface area (Å²) in [5, 5.41) is 10.3. The summed E-state index contributed by atoms with van der Waals surface area (Å²) in [6, 6.07) is 11.1. The van der Waals surface area contributed by atoms with E-state index in [1.165, 1.54) is 38.5 Å². The van der Waals surface area contributed by atoms with Gasteiger partial charge >= 0.3 is 0 Å². The van der Waals surface area contributed by atoms with Gasteiger partial charge in [0.1, 0.15) is 6.33 Å². The van der Waals surface area contributed by atoms with Gasteiger partial charge in [-0.15, -0.1) is 0 Å². The normalized spacial score (nSPS) is 14.6. The SMILES string of the molecule is COc1cc(-c2cc3[nH]c4ccc(C5CNC5)cc4c3c(C)c2C)cn2ncnc12. The van der Waals surface area contributed by atoms with E-state index in [4.69, 9.17) is 4.74 Å². The maximum Gasteiger partial charge on any atom is 0.197 e. The zero-order valence-corrected chi connectivity index (χ0v) is 17.3. The zero-order valence-electron chi connectivity index (χ0n) is 17.3. The molecule has 0 saturated carbocycles. The van der Waals surface area contributed by atoms with Gasteiger partial charge in [-0.25, -0.2) is 9.50 Å². The van der Waals surface area contributed by atoms with Gasteiger partial charge in [0.15, 0.2) is 11.4 Å². The van der Waals surface area contributed by atoms with Gasteiger partial charge in [-0.3, -0.25) is 0 Å². The molecule has 3 aromatic heterocycles. The molecule has 2 N–H and O–H groups in total. The second-order valence-electron chi connectivity index (χ2n) is 8.21. The first kappa shape index (κ1) is 17.5. The molecule has 1 saturated heterocycles. The van der Waals surface area contributed by atoms with Crippen molar-refractivity contribution in [3.05, 3.63) is 59.5 Å². The number of pyridine rings is 1. The molecule has 0 atom stereocenters. The minimum Gasteiger partial charge on any atom is -0.493 e. The number of benzene rings is 2. The third-order valence-electron chi connectivity index (χ3n) is 6.61. The molecular formula is C24H23N5O. The second kappa shape index (κ2) is 6.31. The summed E-state index contributed by atoms with van der Waals surface area (Å²) >= 11 is 0. The van der Waals surface area contributed by atoms with Gasteiger partial charge < -0.3 is 15.0 Å². The molecule has 4 heterocycles. The molecule has 1 aliphatic rings. The van der Waals surface area contributed by atoms with E-state index in [1.54, 1.807) is 18.0 Å². The number of H-pyrrole nitrogens is 1. The van der Waals surface area contributed by atoms with Crippen LogP contribution in [-0.2, 0) is 0 Å². The van der Waals surface area contributed by atoms with Gasteiger partial charge in [-0.05, 0) is 60.4 Å². The number of methoxy groups -OCH3 is 1. The third-order valence-corrected chi connectivity index (χ3v) is 6.61. The second-order valence-corrected chi connectivity index (χ2v) is 8.21. The van der Waals surface area contributed by atoms with Crippen molar-refractivity contribution < 1.29 is 4.74 Å². The predicted molar refractivity (Wildman–Crippen MR) is 119 cm³/mol.